The molecule has 0 aromatic carbocycles. The molecule has 0 aromatic heterocycles. The lowest BCUT2D eigenvalue weighted by atomic mass is 15.8. The summed E-state index contributed by atoms with van der Waals surface area (Å²) in [4.78, 5) is 14.2. The van der Waals surface area contributed by atoms with E-state index in [4.69, 9.17) is 31.9 Å². The van der Waals surface area contributed by atoms with Crippen LogP contribution in [0.5, 0.6) is 0 Å². The van der Waals surface area contributed by atoms with Crippen LogP contribution in [0.2, 0.25) is 0 Å². The SMILES string of the molecule is FP(F)F.FP(F)F.FP(F)F.O=S(=O)(O)O.O=[P+](O)O. The van der Waals surface area contributed by atoms with Gasteiger partial charge in [0, 0.05) is 4.57 Å². The van der Waals surface area contributed by atoms with Gasteiger partial charge in [-0.3, -0.25) is 9.11 Å². The fraction of sp³-hybridized carbons (Fsp3) is 0. The molecule has 21 heteroatoms. The standard InChI is InChI=1S/3F3P.H2O4S.HO3P/c3*1-4(2)3;1-5(2,3)4;1-4(2)3/h;;;(H2,1,2,3,4);(H-,1,2,3)/p+1. The molecule has 0 fully saturated rings. The second kappa shape index (κ2) is 22.8. The van der Waals surface area contributed by atoms with Crippen LogP contribution in [0.25, 0.3) is 0 Å². The van der Waals surface area contributed by atoms with Crippen molar-refractivity contribution in [2.75, 3.05) is 0 Å². The molecule has 0 spiro atoms. The molecule has 0 saturated heterocycles. The monoisotopic (exact) mass is 443 g/mol. The van der Waals surface area contributed by atoms with Crippen molar-refractivity contribution in [2.24, 2.45) is 0 Å². The van der Waals surface area contributed by atoms with Gasteiger partial charge in [-0.2, -0.15) is 46.2 Å². The summed E-state index contributed by atoms with van der Waals surface area (Å²) in [6, 6.07) is 0. The molecule has 0 aliphatic rings. The molecule has 0 rings (SSSR count). The van der Waals surface area contributed by atoms with Crippen LogP contribution in [0.15, 0.2) is 0 Å². The largest absolute Gasteiger partial charge is 0.692 e. The van der Waals surface area contributed by atoms with Gasteiger partial charge in [0.15, 0.2) is 0 Å². The molecule has 0 aliphatic heterocycles. The molecule has 7 nitrogen and oxygen atoms in total. The van der Waals surface area contributed by atoms with Crippen LogP contribution in [-0.4, -0.2) is 27.3 Å². The Hall–Kier alpha value is 0.550. The van der Waals surface area contributed by atoms with Gasteiger partial charge in [0.2, 0.25) is 0 Å². The molecule has 21 heavy (non-hydrogen) atoms. The first kappa shape index (κ1) is 33.2. The zero-order valence-electron chi connectivity index (χ0n) is 8.61. The van der Waals surface area contributed by atoms with E-state index >= 15 is 0 Å². The van der Waals surface area contributed by atoms with Gasteiger partial charge in [-0.05, 0) is 0 Å². The van der Waals surface area contributed by atoms with E-state index in [0.29, 0.717) is 0 Å². The second-order valence-electron chi connectivity index (χ2n) is 1.28. The zero-order chi connectivity index (χ0) is 18.8. The van der Waals surface area contributed by atoms with Crippen molar-refractivity contribution in [1.82, 2.24) is 0 Å². The molecule has 4 N–H and O–H groups in total. The second-order valence-corrected chi connectivity index (χ2v) is 3.83. The van der Waals surface area contributed by atoms with Gasteiger partial charge in [0.05, 0.1) is 0 Å². The lowest BCUT2D eigenvalue weighted by Crippen LogP contribution is -1.89. The van der Waals surface area contributed by atoms with Gasteiger partial charge in [-0.1, -0.05) is 0 Å². The van der Waals surface area contributed by atoms with Crippen LogP contribution in [0, 0.1) is 0 Å². The van der Waals surface area contributed by atoms with Crippen LogP contribution in [0.1, 0.15) is 0 Å². The maximum atomic E-state index is 9.73. The van der Waals surface area contributed by atoms with Crippen molar-refractivity contribution in [3.8, 4) is 0 Å². The van der Waals surface area contributed by atoms with E-state index in [2.05, 4.69) is 0 Å². The van der Waals surface area contributed by atoms with Crippen LogP contribution < -0.4 is 0 Å². The highest BCUT2D eigenvalue weighted by atomic mass is 32.3. The Morgan fingerprint density at radius 3 is 0.667 bits per heavy atom. The lowest BCUT2D eigenvalue weighted by Gasteiger charge is -1.68. The first-order valence-electron chi connectivity index (χ1n) is 2.80. The van der Waals surface area contributed by atoms with Crippen LogP contribution in [0.3, 0.4) is 0 Å². The molecule has 0 aliphatic carbocycles. The maximum Gasteiger partial charge on any atom is 0.692 e. The van der Waals surface area contributed by atoms with Crippen LogP contribution >= 0.6 is 34.8 Å². The highest BCUT2D eigenvalue weighted by Gasteiger charge is 1.93. The summed E-state index contributed by atoms with van der Waals surface area (Å²) in [7, 11) is -19.9. The van der Waals surface area contributed by atoms with E-state index in [-0.39, 0.29) is 0 Å². The van der Waals surface area contributed by atoms with E-state index in [9.17, 15) is 37.8 Å². The predicted molar refractivity (Wildman–Crippen MR) is 57.0 cm³/mol. The Kier molecular flexibility index (Phi) is 36.1. The van der Waals surface area contributed by atoms with Crippen LogP contribution in [-0.2, 0) is 15.0 Å². The minimum Gasteiger partial charge on any atom is -0.264 e. The first-order chi connectivity index (χ1) is 8.93. The first-order valence-corrected chi connectivity index (χ1v) is 8.41. The third-order valence-corrected chi connectivity index (χ3v) is 0. The van der Waals surface area contributed by atoms with Crippen molar-refractivity contribution in [1.29, 1.82) is 0 Å². The van der Waals surface area contributed by atoms with Gasteiger partial charge >= 0.3 is 45.2 Å². The highest BCUT2D eigenvalue weighted by Crippen LogP contribution is 2.39. The topological polar surface area (TPSA) is 132 Å². The quantitative estimate of drug-likeness (QED) is 0.226. The van der Waals surface area contributed by atoms with Gasteiger partial charge in [-0.25, -0.2) is 0 Å². The molecule has 0 radical (unpaired) electrons. The molecule has 0 bridgehead atoms. The third kappa shape index (κ3) is 23400. The Balaban J connectivity index is -0.0000000510. The molecule has 0 heterocycles. The zero-order valence-corrected chi connectivity index (χ0v) is 13.0. The Morgan fingerprint density at radius 1 is 0.667 bits per heavy atom. The fourth-order valence-electron chi connectivity index (χ4n) is 0. The average molecular weight is 443 g/mol. The molecule has 134 valence electrons. The molecule has 0 atom stereocenters. The van der Waals surface area contributed by atoms with E-state index in [1.807, 2.05) is 0 Å². The highest BCUT2D eigenvalue weighted by molar-refractivity contribution is 7.79. The minimum absolute atomic E-state index is 2.87. The van der Waals surface area contributed by atoms with E-state index < -0.39 is 45.2 Å². The summed E-state index contributed by atoms with van der Waals surface area (Å²) in [5.74, 6) is 0. The van der Waals surface area contributed by atoms with Gasteiger partial charge < -0.3 is 0 Å². The molecule has 0 amide bonds. The Morgan fingerprint density at radius 2 is 0.667 bits per heavy atom. The summed E-state index contributed by atoms with van der Waals surface area (Å²) in [5, 5.41) is 0. The summed E-state index contributed by atoms with van der Waals surface area (Å²) in [5.41, 5.74) is 0. The van der Waals surface area contributed by atoms with Crippen molar-refractivity contribution in [3.63, 3.8) is 0 Å². The minimum atomic E-state index is -4.67. The number of halogens is 9. The summed E-state index contributed by atoms with van der Waals surface area (Å²) in [6.45, 7) is 0. The molecule has 0 aromatic rings. The van der Waals surface area contributed by atoms with E-state index in [1.54, 1.807) is 0 Å². The van der Waals surface area contributed by atoms with Crippen molar-refractivity contribution in [2.45, 2.75) is 0 Å². The Labute approximate surface area is 116 Å². The third-order valence-electron chi connectivity index (χ3n) is 0. The van der Waals surface area contributed by atoms with Crippen molar-refractivity contribution in [3.05, 3.63) is 0 Å². The average Bonchev–Trinajstić information content (AvgIpc) is 1.91. The normalized spacial score (nSPS) is 9.14. The molecular formula is H4F9O7P4S+. The number of rotatable bonds is 0. The molecule has 0 unspecified atom stereocenters. The van der Waals surface area contributed by atoms with Crippen molar-refractivity contribution >= 4 is 45.2 Å². The Bertz CT molecular complexity index is 260. The number of hydrogen-bond acceptors (Lipinski definition) is 3. The van der Waals surface area contributed by atoms with Gasteiger partial charge in [0.25, 0.3) is 0 Å². The van der Waals surface area contributed by atoms with Gasteiger partial charge in [0.1, 0.15) is 0 Å². The van der Waals surface area contributed by atoms with E-state index in [1.165, 1.54) is 0 Å². The number of hydrogen-bond donors (Lipinski definition) is 4. The molecule has 0 saturated carbocycles. The van der Waals surface area contributed by atoms with Gasteiger partial charge in [-0.15, -0.1) is 9.79 Å². The maximum absolute atomic E-state index is 9.73. The molecular weight excluding hydrogens is 439 g/mol. The van der Waals surface area contributed by atoms with E-state index in [0.717, 1.165) is 0 Å². The fourth-order valence-corrected chi connectivity index (χ4v) is 0. The summed E-state index contributed by atoms with van der Waals surface area (Å²) < 4.78 is 128. The van der Waals surface area contributed by atoms with Crippen LogP contribution in [0.4, 0.5) is 37.8 Å². The lowest BCUT2D eigenvalue weighted by molar-refractivity contribution is 0.380. The summed E-state index contributed by atoms with van der Waals surface area (Å²) >= 11 is 0. The smallest absolute Gasteiger partial charge is 0.264 e. The van der Waals surface area contributed by atoms with Crippen molar-refractivity contribution < 1.29 is 69.6 Å². The predicted octanol–water partition coefficient (Wildman–Crippen LogP) is 5.34. The summed E-state index contributed by atoms with van der Waals surface area (Å²) in [6.07, 6.45) is 0.